The van der Waals surface area contributed by atoms with Crippen LogP contribution in [-0.4, -0.2) is 78.5 Å². The van der Waals surface area contributed by atoms with Crippen LogP contribution in [-0.2, 0) is 16.0 Å². The lowest BCUT2D eigenvalue weighted by atomic mass is 9.73. The fourth-order valence-corrected chi connectivity index (χ4v) is 4.21. The van der Waals surface area contributed by atoms with E-state index in [1.54, 1.807) is 0 Å². The monoisotopic (exact) mass is 378 g/mol. The number of H-pyrrole nitrogens is 1. The van der Waals surface area contributed by atoms with E-state index < -0.39 is 0 Å². The third-order valence-electron chi connectivity index (χ3n) is 5.74. The maximum absolute atomic E-state index is 12.7. The topological polar surface area (TPSA) is 89.9 Å². The molecule has 1 spiro atoms. The van der Waals surface area contributed by atoms with E-state index in [1.807, 2.05) is 23.9 Å². The van der Waals surface area contributed by atoms with E-state index in [-0.39, 0.29) is 22.8 Å². The molecule has 0 saturated carbocycles. The smallest absolute Gasteiger partial charge is 0.280 e. The van der Waals surface area contributed by atoms with Crippen molar-refractivity contribution in [2.75, 3.05) is 46.8 Å². The highest BCUT2D eigenvalue weighted by Gasteiger charge is 2.42. The lowest BCUT2D eigenvalue weighted by molar-refractivity contribution is -0.143. The summed E-state index contributed by atoms with van der Waals surface area (Å²) in [6.07, 6.45) is 4.23. The van der Waals surface area contributed by atoms with Gasteiger partial charge in [-0.15, -0.1) is 0 Å². The molecule has 3 heterocycles. The van der Waals surface area contributed by atoms with Gasteiger partial charge < -0.3 is 19.2 Å². The molecule has 27 heavy (non-hydrogen) atoms. The van der Waals surface area contributed by atoms with E-state index >= 15 is 0 Å². The molecule has 1 N–H and O–H groups in total. The Morgan fingerprint density at radius 3 is 2.81 bits per heavy atom. The fourth-order valence-electron chi connectivity index (χ4n) is 4.21. The van der Waals surface area contributed by atoms with E-state index in [0.29, 0.717) is 31.6 Å². The molecule has 2 saturated heterocycles. The second kappa shape index (κ2) is 8.29. The number of aromatic amines is 1. The number of likely N-dealkylation sites (tertiary alicyclic amines) is 2. The van der Waals surface area contributed by atoms with Crippen LogP contribution < -0.4 is 5.56 Å². The summed E-state index contributed by atoms with van der Waals surface area (Å²) in [7, 11) is 4.02. The van der Waals surface area contributed by atoms with E-state index in [9.17, 15) is 14.4 Å². The molecule has 0 bridgehead atoms. The van der Waals surface area contributed by atoms with Crippen molar-refractivity contribution < 1.29 is 14.1 Å². The molecule has 0 aromatic carbocycles. The van der Waals surface area contributed by atoms with Crippen molar-refractivity contribution in [1.29, 1.82) is 0 Å². The summed E-state index contributed by atoms with van der Waals surface area (Å²) in [5.41, 5.74) is -0.256. The summed E-state index contributed by atoms with van der Waals surface area (Å²) >= 11 is 0. The van der Waals surface area contributed by atoms with Crippen LogP contribution in [0, 0.1) is 5.41 Å². The Hall–Kier alpha value is -2.09. The summed E-state index contributed by atoms with van der Waals surface area (Å²) in [6.45, 7) is 3.83. The van der Waals surface area contributed by atoms with Crippen LogP contribution in [0.5, 0.6) is 0 Å². The second-order valence-corrected chi connectivity index (χ2v) is 8.22. The summed E-state index contributed by atoms with van der Waals surface area (Å²) in [5, 5.41) is 2.25. The maximum Gasteiger partial charge on any atom is 0.280 e. The molecule has 2 fully saturated rings. The first-order valence-corrected chi connectivity index (χ1v) is 9.75. The highest BCUT2D eigenvalue weighted by Crippen LogP contribution is 2.39. The number of amides is 2. The molecule has 1 atom stereocenters. The molecular weight excluding hydrogens is 348 g/mol. The first-order chi connectivity index (χ1) is 12.9. The van der Waals surface area contributed by atoms with Crippen LogP contribution >= 0.6 is 0 Å². The minimum absolute atomic E-state index is 0.0226. The average molecular weight is 378 g/mol. The zero-order chi connectivity index (χ0) is 19.4. The fraction of sp³-hybridized carbons (Fsp3) is 0.737. The van der Waals surface area contributed by atoms with Crippen molar-refractivity contribution in [3.05, 3.63) is 22.2 Å². The van der Waals surface area contributed by atoms with Crippen molar-refractivity contribution in [3.63, 3.8) is 0 Å². The number of piperidine rings is 2. The van der Waals surface area contributed by atoms with Crippen molar-refractivity contribution in [1.82, 2.24) is 19.9 Å². The molecule has 0 unspecified atom stereocenters. The number of carbonyl (C=O) groups is 2. The quantitative estimate of drug-likeness (QED) is 0.787. The van der Waals surface area contributed by atoms with Crippen LogP contribution in [0.2, 0.25) is 0 Å². The van der Waals surface area contributed by atoms with Gasteiger partial charge in [-0.2, -0.15) is 5.16 Å². The van der Waals surface area contributed by atoms with Gasteiger partial charge >= 0.3 is 0 Å². The Labute approximate surface area is 159 Å². The van der Waals surface area contributed by atoms with Crippen LogP contribution in [0.4, 0.5) is 0 Å². The van der Waals surface area contributed by atoms with Gasteiger partial charge in [0.1, 0.15) is 5.76 Å². The van der Waals surface area contributed by atoms with E-state index in [1.165, 1.54) is 6.07 Å². The molecule has 1 aromatic rings. The van der Waals surface area contributed by atoms with Crippen LogP contribution in [0.1, 0.15) is 37.9 Å². The molecule has 2 aliphatic rings. The normalized spacial score (nSPS) is 23.4. The highest BCUT2D eigenvalue weighted by atomic mass is 16.5. The zero-order valence-electron chi connectivity index (χ0n) is 16.3. The molecule has 1 aromatic heterocycles. The SMILES string of the molecule is CN(C)CCN1C[C@@]2(CCCN(C(=O)CCc3cc(=O)[nH]o3)C2)CCC1=O. The van der Waals surface area contributed by atoms with Gasteiger partial charge in [-0.1, -0.05) is 0 Å². The third-order valence-corrected chi connectivity index (χ3v) is 5.74. The first kappa shape index (κ1) is 19.7. The van der Waals surface area contributed by atoms with E-state index in [0.717, 1.165) is 45.4 Å². The molecule has 8 heteroatoms. The summed E-state index contributed by atoms with van der Waals surface area (Å²) in [6, 6.07) is 1.39. The zero-order valence-corrected chi connectivity index (χ0v) is 16.3. The van der Waals surface area contributed by atoms with Crippen molar-refractivity contribution >= 4 is 11.8 Å². The number of hydrogen-bond acceptors (Lipinski definition) is 5. The molecule has 0 aliphatic carbocycles. The standard InChI is InChI=1S/C19H30N4O4/c1-21(2)10-11-23-14-19(8-6-18(23)26)7-3-9-22(13-19)17(25)5-4-15-12-16(24)20-27-15/h12H,3-11,13-14H2,1-2H3,(H,20,24)/t19-/m0/s1. The van der Waals surface area contributed by atoms with Gasteiger partial charge in [0.15, 0.2) is 0 Å². The Morgan fingerprint density at radius 1 is 1.30 bits per heavy atom. The molecule has 2 aliphatic heterocycles. The van der Waals surface area contributed by atoms with Gasteiger partial charge in [0.05, 0.1) is 0 Å². The molecule has 8 nitrogen and oxygen atoms in total. The predicted molar refractivity (Wildman–Crippen MR) is 100 cm³/mol. The minimum atomic E-state index is -0.279. The lowest BCUT2D eigenvalue weighted by Gasteiger charge is -2.48. The molecule has 2 amide bonds. The maximum atomic E-state index is 12.7. The van der Waals surface area contributed by atoms with Crippen molar-refractivity contribution in [3.8, 4) is 0 Å². The Morgan fingerprint density at radius 2 is 2.11 bits per heavy atom. The van der Waals surface area contributed by atoms with Gasteiger partial charge in [-0.25, -0.2) is 0 Å². The Bertz CT molecular complexity index is 725. The molecule has 150 valence electrons. The molecule has 0 radical (unpaired) electrons. The van der Waals surface area contributed by atoms with Gasteiger partial charge in [0.25, 0.3) is 5.56 Å². The number of carbonyl (C=O) groups excluding carboxylic acids is 2. The number of hydrogen-bond donors (Lipinski definition) is 1. The number of likely N-dealkylation sites (N-methyl/N-ethyl adjacent to an activating group) is 1. The van der Waals surface area contributed by atoms with Crippen molar-refractivity contribution in [2.24, 2.45) is 5.41 Å². The number of aryl methyl sites for hydroxylation is 1. The van der Waals surface area contributed by atoms with Gasteiger partial charge in [0.2, 0.25) is 11.8 Å². The average Bonchev–Trinajstić information content (AvgIpc) is 3.06. The first-order valence-electron chi connectivity index (χ1n) is 9.75. The van der Waals surface area contributed by atoms with Crippen molar-refractivity contribution in [2.45, 2.75) is 38.5 Å². The summed E-state index contributed by atoms with van der Waals surface area (Å²) < 4.78 is 5.03. The Kier molecular flexibility index (Phi) is 6.04. The Balaban J connectivity index is 1.57. The highest BCUT2D eigenvalue weighted by molar-refractivity contribution is 5.78. The van der Waals surface area contributed by atoms with Crippen LogP contribution in [0.15, 0.2) is 15.4 Å². The van der Waals surface area contributed by atoms with Gasteiger partial charge in [0, 0.05) is 63.5 Å². The van der Waals surface area contributed by atoms with E-state index in [2.05, 4.69) is 10.1 Å². The molecule has 3 rings (SSSR count). The predicted octanol–water partition coefficient (Wildman–Crippen LogP) is 0.693. The van der Waals surface area contributed by atoms with Gasteiger partial charge in [-0.05, 0) is 33.4 Å². The van der Waals surface area contributed by atoms with Crippen LogP contribution in [0.3, 0.4) is 0 Å². The number of nitrogens with zero attached hydrogens (tertiary/aromatic N) is 3. The minimum Gasteiger partial charge on any atom is -0.384 e. The summed E-state index contributed by atoms with van der Waals surface area (Å²) in [5.74, 6) is 0.835. The van der Waals surface area contributed by atoms with Gasteiger partial charge in [-0.3, -0.25) is 14.4 Å². The van der Waals surface area contributed by atoms with E-state index in [4.69, 9.17) is 4.52 Å². The second-order valence-electron chi connectivity index (χ2n) is 8.22. The third kappa shape index (κ3) is 5.00. The molecular formula is C19H30N4O4. The largest absolute Gasteiger partial charge is 0.384 e. The number of nitrogens with one attached hydrogen (secondary N) is 1. The summed E-state index contributed by atoms with van der Waals surface area (Å²) in [4.78, 5) is 42.1. The number of rotatable bonds is 6. The lowest BCUT2D eigenvalue weighted by Crippen LogP contribution is -2.55. The van der Waals surface area contributed by atoms with Crippen LogP contribution in [0.25, 0.3) is 0 Å². The number of aromatic nitrogens is 1.